The number of hydrogen-bond acceptors (Lipinski definition) is 7. The number of pyridine rings is 1. The molecule has 0 bridgehead atoms. The first-order valence-electron chi connectivity index (χ1n) is 11.3. The van der Waals surface area contributed by atoms with Crippen molar-refractivity contribution in [3.8, 4) is 11.1 Å². The molecule has 188 valence electrons. The number of amides is 1. The number of anilines is 1. The molecule has 0 radical (unpaired) electrons. The Bertz CT molecular complexity index is 1290. The van der Waals surface area contributed by atoms with Gasteiger partial charge in [-0.25, -0.2) is 9.37 Å². The maximum Gasteiger partial charge on any atom is 0.322 e. The number of benzene rings is 2. The zero-order valence-electron chi connectivity index (χ0n) is 19.5. The van der Waals surface area contributed by atoms with Crippen molar-refractivity contribution in [3.63, 3.8) is 0 Å². The summed E-state index contributed by atoms with van der Waals surface area (Å²) in [6.07, 6.45) is 2.19. The Morgan fingerprint density at radius 2 is 2.11 bits per heavy atom. The van der Waals surface area contributed by atoms with Crippen LogP contribution in [-0.4, -0.2) is 48.3 Å². The summed E-state index contributed by atoms with van der Waals surface area (Å²) in [4.78, 5) is 28.9. The number of carbonyl (C=O) groups excluding carboxylic acids is 2. The van der Waals surface area contributed by atoms with Crippen LogP contribution in [0, 0.1) is 5.82 Å². The van der Waals surface area contributed by atoms with Crippen LogP contribution in [0.2, 0.25) is 5.02 Å². The smallest absolute Gasteiger partial charge is 0.322 e. The van der Waals surface area contributed by atoms with Gasteiger partial charge in [0.05, 0.1) is 25.3 Å². The molecule has 1 aromatic heterocycles. The van der Waals surface area contributed by atoms with Crippen molar-refractivity contribution in [1.29, 1.82) is 0 Å². The van der Waals surface area contributed by atoms with E-state index in [9.17, 15) is 14.7 Å². The number of halogens is 2. The van der Waals surface area contributed by atoms with Gasteiger partial charge in [-0.2, -0.15) is 0 Å². The summed E-state index contributed by atoms with van der Waals surface area (Å²) in [5.74, 6) is -1.52. The number of esters is 1. The number of methoxy groups -OCH3 is 1. The average molecular weight is 513 g/mol. The van der Waals surface area contributed by atoms with Crippen molar-refractivity contribution < 1.29 is 23.8 Å². The molecule has 10 heteroatoms. The van der Waals surface area contributed by atoms with Crippen molar-refractivity contribution in [3.05, 3.63) is 82.3 Å². The highest BCUT2D eigenvalue weighted by molar-refractivity contribution is 6.30. The molecule has 5 N–H and O–H groups in total. The summed E-state index contributed by atoms with van der Waals surface area (Å²) in [6, 6.07) is 11.6. The Balaban J connectivity index is 1.54. The number of nitrogens with two attached hydrogens (primary N) is 1. The van der Waals surface area contributed by atoms with Crippen LogP contribution in [0.25, 0.3) is 11.1 Å². The monoisotopic (exact) mass is 512 g/mol. The second-order valence-electron chi connectivity index (χ2n) is 8.58. The van der Waals surface area contributed by atoms with Crippen LogP contribution in [0.3, 0.4) is 0 Å². The quantitative estimate of drug-likeness (QED) is 0.358. The van der Waals surface area contributed by atoms with Crippen molar-refractivity contribution in [2.24, 2.45) is 0 Å². The minimum absolute atomic E-state index is 0.0118. The van der Waals surface area contributed by atoms with Gasteiger partial charge in [-0.3, -0.25) is 9.59 Å². The lowest BCUT2D eigenvalue weighted by Gasteiger charge is -2.18. The van der Waals surface area contributed by atoms with Crippen molar-refractivity contribution >= 4 is 29.3 Å². The van der Waals surface area contributed by atoms with Crippen LogP contribution in [0.5, 0.6) is 0 Å². The predicted octanol–water partition coefficient (Wildman–Crippen LogP) is 3.21. The molecule has 2 aromatic carbocycles. The highest BCUT2D eigenvalue weighted by Crippen LogP contribution is 2.32. The van der Waals surface area contributed by atoms with Gasteiger partial charge in [0.25, 0.3) is 5.91 Å². The number of ether oxygens (including phenoxy) is 1. The number of hydrogen-bond donors (Lipinski definition) is 4. The molecule has 2 heterocycles. The van der Waals surface area contributed by atoms with Gasteiger partial charge in [0.15, 0.2) is 0 Å². The normalized spacial score (nSPS) is 18.0. The molecule has 0 saturated carbocycles. The lowest BCUT2D eigenvalue weighted by molar-refractivity contribution is -0.142. The maximum absolute atomic E-state index is 15.1. The van der Waals surface area contributed by atoms with E-state index in [4.69, 9.17) is 22.1 Å². The molecule has 3 atom stereocenters. The molecule has 0 aliphatic carbocycles. The molecule has 3 aromatic rings. The number of rotatable bonds is 7. The first-order valence-corrected chi connectivity index (χ1v) is 11.7. The molecule has 1 fully saturated rings. The highest BCUT2D eigenvalue weighted by atomic mass is 35.5. The first-order chi connectivity index (χ1) is 17.3. The second-order valence-corrected chi connectivity index (χ2v) is 9.01. The molecule has 4 rings (SSSR count). The SMILES string of the molecule is COC(=O)[C@@H]1C[C@H](c2cnc(N)c(-c3ccc(C(=O)N[C@H](CO)c4cccc(Cl)c4)c(F)c3)c2)CN1. The molecular formula is C26H26ClFN4O4. The third-order valence-electron chi connectivity index (χ3n) is 6.29. The zero-order chi connectivity index (χ0) is 25.8. The van der Waals surface area contributed by atoms with Crippen molar-refractivity contribution in [1.82, 2.24) is 15.6 Å². The maximum atomic E-state index is 15.1. The number of nitrogen functional groups attached to an aromatic ring is 1. The summed E-state index contributed by atoms with van der Waals surface area (Å²) in [7, 11) is 1.35. The van der Waals surface area contributed by atoms with E-state index < -0.39 is 23.8 Å². The molecule has 1 aliphatic heterocycles. The fraction of sp³-hybridized carbons (Fsp3) is 0.269. The summed E-state index contributed by atoms with van der Waals surface area (Å²) in [5.41, 5.74) is 8.34. The summed E-state index contributed by atoms with van der Waals surface area (Å²) >= 11 is 6.00. The lowest BCUT2D eigenvalue weighted by atomic mass is 9.94. The molecule has 1 saturated heterocycles. The number of nitrogens with zero attached hydrogens (tertiary/aromatic N) is 1. The van der Waals surface area contributed by atoms with E-state index in [0.717, 1.165) is 5.56 Å². The van der Waals surface area contributed by atoms with Crippen molar-refractivity contribution in [2.75, 3.05) is 26.0 Å². The number of aliphatic hydroxyl groups excluding tert-OH is 1. The molecule has 0 unspecified atom stereocenters. The van der Waals surface area contributed by atoms with E-state index in [1.54, 1.807) is 36.5 Å². The molecular weight excluding hydrogens is 487 g/mol. The van der Waals surface area contributed by atoms with Crippen LogP contribution in [0.15, 0.2) is 54.7 Å². The molecule has 1 aliphatic rings. The molecule has 36 heavy (non-hydrogen) atoms. The van der Waals surface area contributed by atoms with Gasteiger partial charge in [-0.1, -0.05) is 29.8 Å². The van der Waals surface area contributed by atoms with E-state index in [-0.39, 0.29) is 29.9 Å². The first kappa shape index (κ1) is 25.6. The highest BCUT2D eigenvalue weighted by Gasteiger charge is 2.31. The van der Waals surface area contributed by atoms with Gasteiger partial charge in [-0.15, -0.1) is 0 Å². The van der Waals surface area contributed by atoms with Gasteiger partial charge in [0.2, 0.25) is 0 Å². The van der Waals surface area contributed by atoms with E-state index in [0.29, 0.717) is 34.7 Å². The molecule has 0 spiro atoms. The second kappa shape index (κ2) is 11.0. The van der Waals surface area contributed by atoms with E-state index in [1.165, 1.54) is 19.2 Å². The topological polar surface area (TPSA) is 127 Å². The minimum Gasteiger partial charge on any atom is -0.468 e. The Morgan fingerprint density at radius 3 is 2.81 bits per heavy atom. The van der Waals surface area contributed by atoms with E-state index in [2.05, 4.69) is 15.6 Å². The number of aromatic nitrogens is 1. The fourth-order valence-electron chi connectivity index (χ4n) is 4.32. The average Bonchev–Trinajstić information content (AvgIpc) is 3.37. The fourth-order valence-corrected chi connectivity index (χ4v) is 4.52. The minimum atomic E-state index is -0.749. The molecule has 1 amide bonds. The summed E-state index contributed by atoms with van der Waals surface area (Å²) < 4.78 is 19.9. The van der Waals surface area contributed by atoms with Crippen LogP contribution < -0.4 is 16.4 Å². The number of aliphatic hydroxyl groups is 1. The number of nitrogens with one attached hydrogen (secondary N) is 2. The van der Waals surface area contributed by atoms with Gasteiger partial charge < -0.3 is 26.2 Å². The summed E-state index contributed by atoms with van der Waals surface area (Å²) in [5, 5.41) is 16.0. The zero-order valence-corrected chi connectivity index (χ0v) is 20.3. The standard InChI is InChI=1S/C26H26ClFN4O4/c1-36-26(35)22-10-17(11-30-22)16-8-20(24(29)31-12-16)14-5-6-19(21(28)9-14)25(34)32-23(13-33)15-3-2-4-18(27)7-15/h2-9,12,17,22-23,30,33H,10-11,13H2,1H3,(H2,29,31)(H,32,34)/t17-,22-,23+/m0/s1. The van der Waals surface area contributed by atoms with E-state index >= 15 is 4.39 Å². The summed E-state index contributed by atoms with van der Waals surface area (Å²) in [6.45, 7) is 0.185. The Labute approximate surface area is 212 Å². The van der Waals surface area contributed by atoms with Crippen LogP contribution in [-0.2, 0) is 9.53 Å². The van der Waals surface area contributed by atoms with Gasteiger partial charge in [0, 0.05) is 23.3 Å². The predicted molar refractivity (Wildman–Crippen MR) is 134 cm³/mol. The lowest BCUT2D eigenvalue weighted by Crippen LogP contribution is -2.31. The van der Waals surface area contributed by atoms with Crippen molar-refractivity contribution in [2.45, 2.75) is 24.4 Å². The van der Waals surface area contributed by atoms with Crippen LogP contribution in [0.4, 0.5) is 10.2 Å². The largest absolute Gasteiger partial charge is 0.468 e. The van der Waals surface area contributed by atoms with Crippen LogP contribution in [0.1, 0.15) is 39.9 Å². The Morgan fingerprint density at radius 1 is 1.31 bits per heavy atom. The molecule has 8 nitrogen and oxygen atoms in total. The Hall–Kier alpha value is -3.53. The third-order valence-corrected chi connectivity index (χ3v) is 6.53. The number of carbonyl (C=O) groups is 2. The van der Waals surface area contributed by atoms with E-state index in [1.807, 2.05) is 6.07 Å². The third kappa shape index (κ3) is 5.48. The van der Waals surface area contributed by atoms with Gasteiger partial charge >= 0.3 is 5.97 Å². The van der Waals surface area contributed by atoms with Gasteiger partial charge in [-0.05, 0) is 59.4 Å². The van der Waals surface area contributed by atoms with Gasteiger partial charge in [0.1, 0.15) is 17.7 Å². The Kier molecular flexibility index (Phi) is 7.83. The van der Waals surface area contributed by atoms with Crippen LogP contribution >= 0.6 is 11.6 Å².